The van der Waals surface area contributed by atoms with Crippen LogP contribution in [-0.2, 0) is 4.79 Å². The van der Waals surface area contributed by atoms with Gasteiger partial charge in [0.1, 0.15) is 13.8 Å². The van der Waals surface area contributed by atoms with E-state index in [0.717, 1.165) is 17.4 Å². The molecule has 0 aliphatic rings. The quantitative estimate of drug-likeness (QED) is 0.355. The number of hydrogen-bond donors (Lipinski definition) is 1. The van der Waals surface area contributed by atoms with E-state index in [1.807, 2.05) is 39.2 Å². The van der Waals surface area contributed by atoms with E-state index in [1.165, 1.54) is 11.8 Å². The minimum absolute atomic E-state index is 0.244. The van der Waals surface area contributed by atoms with Crippen LogP contribution in [0.1, 0.15) is 32.8 Å². The molecule has 1 atom stereocenters. The van der Waals surface area contributed by atoms with Gasteiger partial charge in [-0.3, -0.25) is 9.78 Å². The van der Waals surface area contributed by atoms with E-state index in [-0.39, 0.29) is 5.91 Å². The third kappa shape index (κ3) is 7.81. The van der Waals surface area contributed by atoms with Crippen LogP contribution in [0.2, 0.25) is 24.7 Å². The number of benzene rings is 1. The van der Waals surface area contributed by atoms with E-state index in [4.69, 9.17) is 16.3 Å². The lowest BCUT2D eigenvalue weighted by Crippen LogP contribution is -2.47. The Bertz CT molecular complexity index is 1090. The number of amides is 1. The molecule has 1 N–H and O–H groups in total. The maximum atomic E-state index is 12.8. The standard InChI is InChI=1S/C24H29ClN2O2SSi/c1-8-9-11-24(2,3)27-22(28)23(30-4)29-19-14-18-13-17(10-12-31(5,6)7)16-26-21(18)20(25)15-19/h13-16,23H,8H2,1-7H3,(H,27,28). The van der Waals surface area contributed by atoms with Crippen molar-refractivity contribution in [3.63, 3.8) is 0 Å². The molecule has 2 aromatic rings. The van der Waals surface area contributed by atoms with E-state index >= 15 is 0 Å². The Labute approximate surface area is 195 Å². The number of nitrogens with one attached hydrogen (secondary N) is 1. The Hall–Kier alpha value is -2.12. The van der Waals surface area contributed by atoms with Gasteiger partial charge in [-0.25, -0.2) is 0 Å². The average molecular weight is 473 g/mol. The fourth-order valence-electron chi connectivity index (χ4n) is 2.62. The zero-order valence-electron chi connectivity index (χ0n) is 19.1. The number of nitrogens with zero attached hydrogens (tertiary/aromatic N) is 1. The van der Waals surface area contributed by atoms with Gasteiger partial charge in [-0.2, -0.15) is 0 Å². The van der Waals surface area contributed by atoms with E-state index in [0.29, 0.717) is 16.3 Å². The molecule has 0 saturated carbocycles. The van der Waals surface area contributed by atoms with Crippen LogP contribution in [0.15, 0.2) is 24.4 Å². The fourth-order valence-corrected chi connectivity index (χ4v) is 3.88. The predicted octanol–water partition coefficient (Wildman–Crippen LogP) is 5.49. The maximum absolute atomic E-state index is 12.8. The second-order valence-corrected chi connectivity index (χ2v) is 14.7. The molecule has 0 fully saturated rings. The number of thioether (sulfide) groups is 1. The lowest BCUT2D eigenvalue weighted by atomic mass is 10.1. The SMILES string of the molecule is CCC#CC(C)(C)NC(=O)C(Oc1cc(Cl)c2ncc(C#C[Si](C)(C)C)cc2c1)SC. The third-order valence-electron chi connectivity index (χ3n) is 3.98. The molecule has 0 saturated heterocycles. The summed E-state index contributed by atoms with van der Waals surface area (Å²) in [6, 6.07) is 5.47. The molecule has 1 aromatic heterocycles. The highest BCUT2D eigenvalue weighted by atomic mass is 35.5. The van der Waals surface area contributed by atoms with Crippen LogP contribution in [-0.4, -0.2) is 36.2 Å². The summed E-state index contributed by atoms with van der Waals surface area (Å²) in [5.74, 6) is 9.54. The van der Waals surface area contributed by atoms with Crippen LogP contribution >= 0.6 is 23.4 Å². The van der Waals surface area contributed by atoms with Crippen molar-refractivity contribution in [1.29, 1.82) is 0 Å². The summed E-state index contributed by atoms with van der Waals surface area (Å²) < 4.78 is 5.98. The number of pyridine rings is 1. The molecule has 1 heterocycles. The van der Waals surface area contributed by atoms with Crippen molar-refractivity contribution in [3.05, 3.63) is 35.0 Å². The molecule has 4 nitrogen and oxygen atoms in total. The highest BCUT2D eigenvalue weighted by molar-refractivity contribution is 7.99. The van der Waals surface area contributed by atoms with Crippen molar-refractivity contribution in [2.75, 3.05) is 6.26 Å². The van der Waals surface area contributed by atoms with E-state index < -0.39 is 19.0 Å². The van der Waals surface area contributed by atoms with Gasteiger partial charge < -0.3 is 10.1 Å². The first kappa shape index (κ1) is 25.1. The van der Waals surface area contributed by atoms with E-state index in [2.05, 4.69) is 53.2 Å². The van der Waals surface area contributed by atoms with Crippen molar-refractivity contribution in [2.45, 2.75) is 57.8 Å². The van der Waals surface area contributed by atoms with Crippen LogP contribution in [0.4, 0.5) is 0 Å². The number of fused-ring (bicyclic) bond motifs is 1. The van der Waals surface area contributed by atoms with Crippen LogP contribution in [0.3, 0.4) is 0 Å². The first-order valence-electron chi connectivity index (χ1n) is 10.1. The number of carbonyl (C=O) groups is 1. The van der Waals surface area contributed by atoms with Crippen LogP contribution in [0.5, 0.6) is 5.75 Å². The van der Waals surface area contributed by atoms with Crippen molar-refractivity contribution in [2.24, 2.45) is 0 Å². The van der Waals surface area contributed by atoms with Gasteiger partial charge in [0.05, 0.1) is 16.1 Å². The predicted molar refractivity (Wildman–Crippen MR) is 135 cm³/mol. The smallest absolute Gasteiger partial charge is 0.272 e. The lowest BCUT2D eigenvalue weighted by Gasteiger charge is -2.24. The summed E-state index contributed by atoms with van der Waals surface area (Å²) >= 11 is 7.74. The first-order chi connectivity index (χ1) is 14.4. The summed E-state index contributed by atoms with van der Waals surface area (Å²) in [6.45, 7) is 12.3. The van der Waals surface area contributed by atoms with Crippen molar-refractivity contribution in [3.8, 4) is 29.1 Å². The van der Waals surface area contributed by atoms with E-state index in [1.54, 1.807) is 12.3 Å². The number of carbonyl (C=O) groups excluding carboxylic acids is 1. The second-order valence-electron chi connectivity index (χ2n) is 8.66. The minimum Gasteiger partial charge on any atom is -0.470 e. The topological polar surface area (TPSA) is 51.2 Å². The van der Waals surface area contributed by atoms with Gasteiger partial charge >= 0.3 is 0 Å². The van der Waals surface area contributed by atoms with Gasteiger partial charge in [0, 0.05) is 29.6 Å². The molecule has 0 bridgehead atoms. The Morgan fingerprint density at radius 3 is 2.65 bits per heavy atom. The van der Waals surface area contributed by atoms with Crippen LogP contribution < -0.4 is 10.1 Å². The second kappa shape index (κ2) is 10.5. The zero-order chi connectivity index (χ0) is 23.2. The molecule has 0 aliphatic heterocycles. The molecule has 0 aliphatic carbocycles. The lowest BCUT2D eigenvalue weighted by molar-refractivity contribution is -0.125. The summed E-state index contributed by atoms with van der Waals surface area (Å²) in [7, 11) is -1.49. The Morgan fingerprint density at radius 1 is 1.32 bits per heavy atom. The molecule has 164 valence electrons. The highest BCUT2D eigenvalue weighted by Crippen LogP contribution is 2.30. The van der Waals surface area contributed by atoms with Gasteiger partial charge in [-0.05, 0) is 32.2 Å². The molecule has 31 heavy (non-hydrogen) atoms. The van der Waals surface area contributed by atoms with Crippen LogP contribution in [0, 0.1) is 23.3 Å². The molecule has 1 unspecified atom stereocenters. The molecule has 2 rings (SSSR count). The van der Waals surface area contributed by atoms with Gasteiger partial charge in [0.25, 0.3) is 5.91 Å². The summed E-state index contributed by atoms with van der Waals surface area (Å²) in [6.07, 6.45) is 4.29. The van der Waals surface area contributed by atoms with E-state index in [9.17, 15) is 4.79 Å². The summed E-state index contributed by atoms with van der Waals surface area (Å²) in [5.41, 5.74) is 3.47. The molecular weight excluding hydrogens is 444 g/mol. The largest absolute Gasteiger partial charge is 0.470 e. The number of rotatable bonds is 5. The first-order valence-corrected chi connectivity index (χ1v) is 15.2. The summed E-state index contributed by atoms with van der Waals surface area (Å²) in [5, 5.41) is 4.22. The van der Waals surface area contributed by atoms with Crippen molar-refractivity contribution in [1.82, 2.24) is 10.3 Å². The highest BCUT2D eigenvalue weighted by Gasteiger charge is 2.25. The number of hydrogen-bond acceptors (Lipinski definition) is 4. The number of aromatic nitrogens is 1. The van der Waals surface area contributed by atoms with Gasteiger partial charge in [0.15, 0.2) is 0 Å². The zero-order valence-corrected chi connectivity index (χ0v) is 21.7. The Balaban J connectivity index is 2.29. The fraction of sp³-hybridized carbons (Fsp3) is 0.417. The average Bonchev–Trinajstić information content (AvgIpc) is 2.67. The third-order valence-corrected chi connectivity index (χ3v) is 5.88. The van der Waals surface area contributed by atoms with Gasteiger partial charge in [-0.1, -0.05) is 50.0 Å². The molecule has 1 aromatic carbocycles. The maximum Gasteiger partial charge on any atom is 0.272 e. The Morgan fingerprint density at radius 2 is 2.03 bits per heavy atom. The van der Waals surface area contributed by atoms with Crippen LogP contribution in [0.25, 0.3) is 10.9 Å². The normalized spacial score (nSPS) is 12.3. The molecule has 0 spiro atoms. The number of ether oxygens (including phenoxy) is 1. The monoisotopic (exact) mass is 472 g/mol. The Kier molecular flexibility index (Phi) is 8.48. The van der Waals surface area contributed by atoms with Crippen molar-refractivity contribution >= 4 is 48.2 Å². The van der Waals surface area contributed by atoms with Gasteiger partial charge in [-0.15, -0.1) is 23.2 Å². The minimum atomic E-state index is -1.49. The molecule has 0 radical (unpaired) electrons. The molecule has 1 amide bonds. The molecular formula is C24H29ClN2O2SSi. The molecule has 7 heteroatoms. The number of halogens is 1. The van der Waals surface area contributed by atoms with Gasteiger partial charge in [0.2, 0.25) is 5.44 Å². The summed E-state index contributed by atoms with van der Waals surface area (Å²) in [4.78, 5) is 17.2. The van der Waals surface area contributed by atoms with Crippen molar-refractivity contribution < 1.29 is 9.53 Å².